The van der Waals surface area contributed by atoms with Gasteiger partial charge >= 0.3 is 6.09 Å². The minimum absolute atomic E-state index is 0.00811. The maximum Gasteiger partial charge on any atom is 0.407 e. The van der Waals surface area contributed by atoms with Gasteiger partial charge in [0.15, 0.2) is 0 Å². The van der Waals surface area contributed by atoms with Crippen LogP contribution in [-0.4, -0.2) is 106 Å². The number of methoxy groups -OCH3 is 1. The lowest BCUT2D eigenvalue weighted by atomic mass is 9.90. The van der Waals surface area contributed by atoms with Crippen molar-refractivity contribution in [2.24, 2.45) is 17.6 Å². The number of carbonyl (C=O) groups excluding carboxylic acids is 3. The fourth-order valence-electron chi connectivity index (χ4n) is 8.81. The van der Waals surface area contributed by atoms with E-state index >= 15 is 0 Å². The summed E-state index contributed by atoms with van der Waals surface area (Å²) in [6.07, 6.45) is 9.47. The Labute approximate surface area is 338 Å². The number of aromatic amines is 2. The molecule has 0 bridgehead atoms. The van der Waals surface area contributed by atoms with Crippen LogP contribution in [0.4, 0.5) is 4.79 Å². The van der Waals surface area contributed by atoms with Crippen LogP contribution in [0.15, 0.2) is 60.9 Å². The van der Waals surface area contributed by atoms with E-state index in [0.717, 1.165) is 83.8 Å². The Morgan fingerprint density at radius 3 is 1.67 bits per heavy atom. The van der Waals surface area contributed by atoms with Crippen molar-refractivity contribution in [3.8, 4) is 34.4 Å². The summed E-state index contributed by atoms with van der Waals surface area (Å²) < 4.78 is 15.8. The van der Waals surface area contributed by atoms with E-state index in [-0.39, 0.29) is 35.7 Å². The third kappa shape index (κ3) is 8.67. The first-order chi connectivity index (χ1) is 28.4. The van der Waals surface area contributed by atoms with Crippen molar-refractivity contribution >= 4 is 17.9 Å². The van der Waals surface area contributed by atoms with Crippen LogP contribution in [0.2, 0.25) is 0 Å². The second-order valence-corrected chi connectivity index (χ2v) is 15.7. The molecule has 2 aromatic carbocycles. The first kappa shape index (κ1) is 39.3. The van der Waals surface area contributed by atoms with Gasteiger partial charge in [-0.3, -0.25) is 9.59 Å². The number of amides is 3. The topological polar surface area (TPSA) is 181 Å². The van der Waals surface area contributed by atoms with Gasteiger partial charge in [0.1, 0.15) is 17.7 Å². The number of hydrogen-bond donors (Lipinski definition) is 4. The predicted octanol–water partition coefficient (Wildman–Crippen LogP) is 5.10. The Balaban J connectivity index is 0.883. The van der Waals surface area contributed by atoms with Crippen LogP contribution in [0.25, 0.3) is 22.5 Å². The van der Waals surface area contributed by atoms with E-state index in [1.54, 1.807) is 6.20 Å². The van der Waals surface area contributed by atoms with Crippen LogP contribution in [0.5, 0.6) is 0 Å². The molecular weight excluding hydrogens is 737 g/mol. The molecule has 0 spiro atoms. The number of nitrogens with zero attached hydrogens (tertiary/aromatic N) is 4. The van der Waals surface area contributed by atoms with E-state index in [4.69, 9.17) is 29.9 Å². The minimum atomic E-state index is -0.678. The van der Waals surface area contributed by atoms with E-state index in [1.807, 2.05) is 64.5 Å². The van der Waals surface area contributed by atoms with Crippen molar-refractivity contribution in [2.75, 3.05) is 46.6 Å². The molecule has 0 aliphatic carbocycles. The van der Waals surface area contributed by atoms with Gasteiger partial charge in [-0.15, -0.1) is 0 Å². The monoisotopic (exact) mass is 788 g/mol. The van der Waals surface area contributed by atoms with Crippen molar-refractivity contribution in [1.82, 2.24) is 35.1 Å². The highest BCUT2D eigenvalue weighted by molar-refractivity contribution is 5.86. The molecule has 4 fully saturated rings. The molecule has 8 rings (SSSR count). The molecule has 4 aliphatic heterocycles. The number of aromatic nitrogens is 4. The lowest BCUT2D eigenvalue weighted by molar-refractivity contribution is -0.137. The Hall–Kier alpha value is -5.49. The third-order valence-electron chi connectivity index (χ3n) is 12.2. The number of rotatable bonds is 9. The van der Waals surface area contributed by atoms with Gasteiger partial charge in [0.2, 0.25) is 11.8 Å². The molecular formula is C44H52N8O6. The summed E-state index contributed by atoms with van der Waals surface area (Å²) in [6.45, 7) is 3.74. The number of ether oxygens (including phenoxy) is 3. The van der Waals surface area contributed by atoms with E-state index in [9.17, 15) is 14.4 Å². The molecule has 4 atom stereocenters. The SMILES string of the molecule is COC(=O)N[C@H](C(=O)N1CCC[C@H]1c1ncc(-c2ccc(C#Cc3ccc(-c4cnc([C@@H]5CCCN5C(=O)[C@@H](N)C5CCOCC5)[nH]4)cc3)cc2)[nH]1)C1CCOCC1. The highest BCUT2D eigenvalue weighted by Gasteiger charge is 2.40. The third-order valence-corrected chi connectivity index (χ3v) is 12.2. The Kier molecular flexibility index (Phi) is 12.2. The fourth-order valence-corrected chi connectivity index (χ4v) is 8.81. The van der Waals surface area contributed by atoms with Crippen LogP contribution in [0.3, 0.4) is 0 Å². The fraction of sp³-hybridized carbons (Fsp3) is 0.477. The van der Waals surface area contributed by atoms with E-state index in [1.165, 1.54) is 7.11 Å². The second kappa shape index (κ2) is 18.0. The summed E-state index contributed by atoms with van der Waals surface area (Å²) in [7, 11) is 1.31. The maximum atomic E-state index is 13.9. The second-order valence-electron chi connectivity index (χ2n) is 15.7. The Morgan fingerprint density at radius 1 is 0.724 bits per heavy atom. The summed E-state index contributed by atoms with van der Waals surface area (Å²) in [4.78, 5) is 59.6. The lowest BCUT2D eigenvalue weighted by Crippen LogP contribution is -2.53. The van der Waals surface area contributed by atoms with Crippen LogP contribution < -0.4 is 11.1 Å². The smallest absolute Gasteiger partial charge is 0.407 e. The molecule has 304 valence electrons. The van der Waals surface area contributed by atoms with Crippen LogP contribution in [-0.2, 0) is 23.8 Å². The summed E-state index contributed by atoms with van der Waals surface area (Å²) in [5.41, 5.74) is 11.9. The van der Waals surface area contributed by atoms with E-state index in [2.05, 4.69) is 27.1 Å². The van der Waals surface area contributed by atoms with Gasteiger partial charge in [-0.05, 0) is 98.6 Å². The van der Waals surface area contributed by atoms with Gasteiger partial charge in [0, 0.05) is 50.6 Å². The zero-order valence-corrected chi connectivity index (χ0v) is 33.0. The average molecular weight is 789 g/mol. The van der Waals surface area contributed by atoms with Crippen molar-refractivity contribution in [3.05, 3.63) is 83.7 Å². The van der Waals surface area contributed by atoms with Crippen LogP contribution in [0.1, 0.15) is 86.2 Å². The molecule has 4 aliphatic rings. The molecule has 0 unspecified atom stereocenters. The number of H-pyrrole nitrogens is 2. The number of likely N-dealkylation sites (tertiary alicyclic amines) is 2. The van der Waals surface area contributed by atoms with Crippen LogP contribution >= 0.6 is 0 Å². The van der Waals surface area contributed by atoms with Gasteiger partial charge in [0.05, 0.1) is 49.0 Å². The van der Waals surface area contributed by atoms with Gasteiger partial charge in [-0.25, -0.2) is 14.8 Å². The highest BCUT2D eigenvalue weighted by atomic mass is 16.5. The predicted molar refractivity (Wildman–Crippen MR) is 216 cm³/mol. The zero-order valence-electron chi connectivity index (χ0n) is 33.0. The first-order valence-electron chi connectivity index (χ1n) is 20.6. The lowest BCUT2D eigenvalue weighted by Gasteiger charge is -2.34. The maximum absolute atomic E-state index is 13.9. The number of benzene rings is 2. The summed E-state index contributed by atoms with van der Waals surface area (Å²) >= 11 is 0. The van der Waals surface area contributed by atoms with Crippen LogP contribution in [0, 0.1) is 23.7 Å². The van der Waals surface area contributed by atoms with Gasteiger partial charge < -0.3 is 45.0 Å². The van der Waals surface area contributed by atoms with Crippen molar-refractivity contribution in [2.45, 2.75) is 75.5 Å². The van der Waals surface area contributed by atoms with Crippen molar-refractivity contribution in [1.29, 1.82) is 0 Å². The zero-order chi connectivity index (χ0) is 40.0. The minimum Gasteiger partial charge on any atom is -0.453 e. The number of nitrogens with one attached hydrogen (secondary N) is 3. The standard InChI is InChI=1S/C44H52N8O6/c1-56-44(55)50-39(33-18-24-58-25-19-33)43(54)52-21-3-5-37(52)41-47-27-35(49-41)31-14-10-29(11-15-31)7-6-28-8-12-30(13-9-28)34-26-46-40(48-34)36-4-2-20-51(36)42(53)38(45)32-16-22-57-23-17-32/h8-15,26-27,32-33,36-39H,2-5,16-25,45H2,1H3,(H,46,48)(H,47,49)(H,50,55)/t36-,37-,38-,39-/m0/s1. The molecule has 0 saturated carbocycles. The Bertz CT molecular complexity index is 2110. The molecule has 14 nitrogen and oxygen atoms in total. The van der Waals surface area contributed by atoms with E-state index < -0.39 is 18.2 Å². The molecule has 4 saturated heterocycles. The Morgan fingerprint density at radius 2 is 1.19 bits per heavy atom. The number of nitrogens with two attached hydrogens (primary N) is 1. The molecule has 5 N–H and O–H groups in total. The van der Waals surface area contributed by atoms with Crippen molar-refractivity contribution in [3.63, 3.8) is 0 Å². The van der Waals surface area contributed by atoms with Crippen molar-refractivity contribution < 1.29 is 28.6 Å². The first-order valence-corrected chi connectivity index (χ1v) is 20.6. The molecule has 14 heteroatoms. The summed E-state index contributed by atoms with van der Waals surface area (Å²) in [5, 5.41) is 2.81. The summed E-state index contributed by atoms with van der Waals surface area (Å²) in [6, 6.07) is 14.5. The summed E-state index contributed by atoms with van der Waals surface area (Å²) in [5.74, 6) is 8.09. The number of hydrogen-bond acceptors (Lipinski definition) is 9. The normalized spacial score (nSPS) is 21.3. The average Bonchev–Trinajstić information content (AvgIpc) is 4.12. The van der Waals surface area contributed by atoms with Gasteiger partial charge in [0.25, 0.3) is 0 Å². The highest BCUT2D eigenvalue weighted by Crippen LogP contribution is 2.35. The molecule has 3 amide bonds. The number of carbonyl (C=O) groups is 3. The molecule has 0 radical (unpaired) electrons. The number of imidazole rings is 2. The van der Waals surface area contributed by atoms with E-state index in [0.29, 0.717) is 52.4 Å². The van der Waals surface area contributed by atoms with Gasteiger partial charge in [-0.1, -0.05) is 36.1 Å². The number of alkyl carbamates (subject to hydrolysis) is 1. The molecule has 58 heavy (non-hydrogen) atoms. The molecule has 2 aromatic heterocycles. The quantitative estimate of drug-likeness (QED) is 0.168. The van der Waals surface area contributed by atoms with Gasteiger partial charge in [-0.2, -0.15) is 0 Å². The molecule has 6 heterocycles. The molecule has 4 aromatic rings. The largest absolute Gasteiger partial charge is 0.453 e.